The Hall–Kier alpha value is -0.780. The van der Waals surface area contributed by atoms with Crippen molar-refractivity contribution in [3.8, 4) is 0 Å². The first-order chi connectivity index (χ1) is 5.78. The smallest absolute Gasteiger partial charge is 0.00463 e. The average Bonchev–Trinajstić information content (AvgIpc) is 2.86. The molecule has 0 saturated heterocycles. The standard InChI is InChI=1S/C12H16/c1-3-12(8-9-12)11-7-5-4-6-10(11)2/h4-7H,3,8-9H2,1-2H3. The third-order valence-corrected chi connectivity index (χ3v) is 3.25. The van der Waals surface area contributed by atoms with E-state index in [1.807, 2.05) is 0 Å². The molecule has 0 N–H and O–H groups in total. The highest BCUT2D eigenvalue weighted by molar-refractivity contribution is 5.37. The van der Waals surface area contributed by atoms with Gasteiger partial charge in [-0.3, -0.25) is 0 Å². The van der Waals surface area contributed by atoms with Crippen LogP contribution in [-0.4, -0.2) is 0 Å². The highest BCUT2D eigenvalue weighted by Gasteiger charge is 2.42. The predicted octanol–water partition coefficient (Wildman–Crippen LogP) is 3.44. The lowest BCUT2D eigenvalue weighted by Crippen LogP contribution is -2.05. The normalized spacial score (nSPS) is 19.2. The van der Waals surface area contributed by atoms with Crippen LogP contribution in [0.3, 0.4) is 0 Å². The van der Waals surface area contributed by atoms with Crippen LogP contribution in [0.25, 0.3) is 0 Å². The van der Waals surface area contributed by atoms with E-state index in [1.54, 1.807) is 5.56 Å². The van der Waals surface area contributed by atoms with Gasteiger partial charge in [-0.2, -0.15) is 0 Å². The molecule has 0 spiro atoms. The summed E-state index contributed by atoms with van der Waals surface area (Å²) in [7, 11) is 0. The lowest BCUT2D eigenvalue weighted by molar-refractivity contribution is 0.659. The summed E-state index contributed by atoms with van der Waals surface area (Å²) in [6.07, 6.45) is 4.10. The van der Waals surface area contributed by atoms with Gasteiger partial charge in [-0.1, -0.05) is 31.2 Å². The Morgan fingerprint density at radius 1 is 1.25 bits per heavy atom. The number of rotatable bonds is 2. The van der Waals surface area contributed by atoms with Gasteiger partial charge in [0, 0.05) is 0 Å². The van der Waals surface area contributed by atoms with E-state index in [-0.39, 0.29) is 0 Å². The van der Waals surface area contributed by atoms with Gasteiger partial charge < -0.3 is 0 Å². The Kier molecular flexibility index (Phi) is 1.71. The van der Waals surface area contributed by atoms with Gasteiger partial charge in [-0.15, -0.1) is 0 Å². The van der Waals surface area contributed by atoms with Crippen LogP contribution >= 0.6 is 0 Å². The highest BCUT2D eigenvalue weighted by atomic mass is 14.5. The summed E-state index contributed by atoms with van der Waals surface area (Å²) >= 11 is 0. The molecule has 0 heteroatoms. The molecule has 0 heterocycles. The Morgan fingerprint density at radius 2 is 1.92 bits per heavy atom. The summed E-state index contributed by atoms with van der Waals surface area (Å²) < 4.78 is 0. The van der Waals surface area contributed by atoms with E-state index in [1.165, 1.54) is 24.8 Å². The third-order valence-electron chi connectivity index (χ3n) is 3.25. The molecule has 1 saturated carbocycles. The van der Waals surface area contributed by atoms with Crippen molar-refractivity contribution in [1.29, 1.82) is 0 Å². The van der Waals surface area contributed by atoms with Crippen LogP contribution in [-0.2, 0) is 5.41 Å². The monoisotopic (exact) mass is 160 g/mol. The molecule has 1 aromatic carbocycles. The van der Waals surface area contributed by atoms with E-state index in [4.69, 9.17) is 0 Å². The summed E-state index contributed by atoms with van der Waals surface area (Å²) in [6, 6.07) is 8.82. The quantitative estimate of drug-likeness (QED) is 0.621. The van der Waals surface area contributed by atoms with Crippen molar-refractivity contribution in [3.05, 3.63) is 35.4 Å². The molecule has 0 bridgehead atoms. The van der Waals surface area contributed by atoms with Crippen LogP contribution in [0.1, 0.15) is 37.3 Å². The molecule has 0 amide bonds. The van der Waals surface area contributed by atoms with Gasteiger partial charge >= 0.3 is 0 Å². The summed E-state index contributed by atoms with van der Waals surface area (Å²) in [6.45, 7) is 4.53. The molecule has 1 aliphatic rings. The van der Waals surface area contributed by atoms with Crippen molar-refractivity contribution >= 4 is 0 Å². The van der Waals surface area contributed by atoms with Crippen molar-refractivity contribution in [2.24, 2.45) is 0 Å². The molecule has 0 atom stereocenters. The first kappa shape index (κ1) is 7.85. The second-order valence-corrected chi connectivity index (χ2v) is 3.95. The maximum Gasteiger partial charge on any atom is -0.00463 e. The van der Waals surface area contributed by atoms with Gasteiger partial charge in [0.2, 0.25) is 0 Å². The summed E-state index contributed by atoms with van der Waals surface area (Å²) in [5.74, 6) is 0. The van der Waals surface area contributed by atoms with Crippen molar-refractivity contribution in [3.63, 3.8) is 0 Å². The van der Waals surface area contributed by atoms with Gasteiger partial charge in [0.1, 0.15) is 0 Å². The number of aryl methyl sites for hydroxylation is 1. The van der Waals surface area contributed by atoms with Crippen LogP contribution in [0.4, 0.5) is 0 Å². The predicted molar refractivity (Wildman–Crippen MR) is 52.4 cm³/mol. The maximum atomic E-state index is 2.30. The molecule has 64 valence electrons. The van der Waals surface area contributed by atoms with Crippen molar-refractivity contribution < 1.29 is 0 Å². The molecule has 2 rings (SSSR count). The minimum Gasteiger partial charge on any atom is -0.0645 e. The van der Waals surface area contributed by atoms with E-state index < -0.39 is 0 Å². The van der Waals surface area contributed by atoms with E-state index in [0.717, 1.165) is 0 Å². The largest absolute Gasteiger partial charge is 0.0645 e. The summed E-state index contributed by atoms with van der Waals surface area (Å²) in [5, 5.41) is 0. The Morgan fingerprint density at radius 3 is 2.42 bits per heavy atom. The van der Waals surface area contributed by atoms with Crippen molar-refractivity contribution in [2.75, 3.05) is 0 Å². The molecule has 0 aromatic heterocycles. The zero-order chi connectivity index (χ0) is 8.60. The fourth-order valence-corrected chi connectivity index (χ4v) is 2.13. The lowest BCUT2D eigenvalue weighted by Gasteiger charge is -2.15. The van der Waals surface area contributed by atoms with Crippen LogP contribution in [0, 0.1) is 6.92 Å². The molecule has 0 unspecified atom stereocenters. The molecular formula is C12H16. The van der Waals surface area contributed by atoms with Gasteiger partial charge in [0.15, 0.2) is 0 Å². The van der Waals surface area contributed by atoms with Gasteiger partial charge in [-0.05, 0) is 42.7 Å². The van der Waals surface area contributed by atoms with Crippen LogP contribution < -0.4 is 0 Å². The maximum absolute atomic E-state index is 2.30. The van der Waals surface area contributed by atoms with E-state index in [2.05, 4.69) is 38.1 Å². The molecule has 0 radical (unpaired) electrons. The minimum atomic E-state index is 0.575. The van der Waals surface area contributed by atoms with Gasteiger partial charge in [-0.25, -0.2) is 0 Å². The third kappa shape index (κ3) is 1.06. The number of benzene rings is 1. The zero-order valence-corrected chi connectivity index (χ0v) is 7.93. The van der Waals surface area contributed by atoms with E-state index in [9.17, 15) is 0 Å². The van der Waals surface area contributed by atoms with Crippen LogP contribution in [0.5, 0.6) is 0 Å². The Labute approximate surface area is 74.6 Å². The van der Waals surface area contributed by atoms with Crippen LogP contribution in [0.2, 0.25) is 0 Å². The van der Waals surface area contributed by atoms with Gasteiger partial charge in [0.25, 0.3) is 0 Å². The fraction of sp³-hybridized carbons (Fsp3) is 0.500. The second-order valence-electron chi connectivity index (χ2n) is 3.95. The molecule has 12 heavy (non-hydrogen) atoms. The summed E-state index contributed by atoms with van der Waals surface area (Å²) in [5.41, 5.74) is 3.63. The van der Waals surface area contributed by atoms with Crippen molar-refractivity contribution in [2.45, 2.75) is 38.5 Å². The molecule has 1 aliphatic carbocycles. The second kappa shape index (κ2) is 2.62. The molecule has 0 aliphatic heterocycles. The summed E-state index contributed by atoms with van der Waals surface area (Å²) in [4.78, 5) is 0. The zero-order valence-electron chi connectivity index (χ0n) is 7.93. The highest BCUT2D eigenvalue weighted by Crippen LogP contribution is 2.51. The first-order valence-corrected chi connectivity index (χ1v) is 4.85. The Balaban J connectivity index is 2.40. The Bertz CT molecular complexity index is 282. The van der Waals surface area contributed by atoms with E-state index >= 15 is 0 Å². The van der Waals surface area contributed by atoms with Gasteiger partial charge in [0.05, 0.1) is 0 Å². The first-order valence-electron chi connectivity index (χ1n) is 4.85. The molecule has 0 nitrogen and oxygen atoms in total. The lowest BCUT2D eigenvalue weighted by atomic mass is 9.90. The van der Waals surface area contributed by atoms with Crippen molar-refractivity contribution in [1.82, 2.24) is 0 Å². The molecule has 1 fully saturated rings. The molecule has 1 aromatic rings. The molecular weight excluding hydrogens is 144 g/mol. The van der Waals surface area contributed by atoms with Crippen LogP contribution in [0.15, 0.2) is 24.3 Å². The van der Waals surface area contributed by atoms with E-state index in [0.29, 0.717) is 5.41 Å². The number of hydrogen-bond donors (Lipinski definition) is 0. The minimum absolute atomic E-state index is 0.575. The number of hydrogen-bond acceptors (Lipinski definition) is 0. The average molecular weight is 160 g/mol. The topological polar surface area (TPSA) is 0 Å². The fourth-order valence-electron chi connectivity index (χ4n) is 2.13. The SMILES string of the molecule is CCC1(c2ccccc2C)CC1.